The van der Waals surface area contributed by atoms with Crippen molar-refractivity contribution in [2.75, 3.05) is 16.9 Å². The lowest BCUT2D eigenvalue weighted by Crippen LogP contribution is -2.47. The highest BCUT2D eigenvalue weighted by Crippen LogP contribution is 2.39. The number of pyridine rings is 1. The molecule has 1 aliphatic rings. The molecule has 0 fully saturated rings. The highest BCUT2D eigenvalue weighted by molar-refractivity contribution is 6.30. The highest BCUT2D eigenvalue weighted by Gasteiger charge is 2.42. The Balaban J connectivity index is 1.79. The van der Waals surface area contributed by atoms with Crippen LogP contribution >= 0.6 is 11.6 Å². The summed E-state index contributed by atoms with van der Waals surface area (Å²) in [6, 6.07) is 16.9. The molecule has 1 amide bonds. The molecule has 4 aromatic rings. The molecule has 0 radical (unpaired) electrons. The number of aromatic hydroxyl groups is 1. The molecule has 2 heterocycles. The second kappa shape index (κ2) is 12.2. The number of hydrogen-bond acceptors (Lipinski definition) is 10. The predicted octanol–water partition coefficient (Wildman–Crippen LogP) is 4.97. The van der Waals surface area contributed by atoms with Crippen molar-refractivity contribution in [3.8, 4) is 40.0 Å². The molecule has 0 saturated carbocycles. The number of ether oxygens (including phenoxy) is 1. The van der Waals surface area contributed by atoms with Crippen LogP contribution in [0.4, 0.5) is 24.7 Å². The number of phenolic OH excluding ortho intramolecular Hbond substituents is 1. The summed E-state index contributed by atoms with van der Waals surface area (Å²) in [6.45, 7) is -0.702. The van der Waals surface area contributed by atoms with Crippen molar-refractivity contribution < 1.29 is 42.2 Å². The van der Waals surface area contributed by atoms with Crippen LogP contribution < -0.4 is 20.9 Å². The van der Waals surface area contributed by atoms with Crippen molar-refractivity contribution in [1.82, 2.24) is 4.98 Å². The highest BCUT2D eigenvalue weighted by atomic mass is 35.5. The second-order valence-electron chi connectivity index (χ2n) is 9.54. The van der Waals surface area contributed by atoms with Gasteiger partial charge in [-0.3, -0.25) is 9.69 Å². The monoisotopic (exact) mass is 637 g/mol. The number of esters is 1. The third-order valence-corrected chi connectivity index (χ3v) is 6.76. The molecule has 228 valence electrons. The van der Waals surface area contributed by atoms with Crippen LogP contribution in [0.2, 0.25) is 5.02 Å². The van der Waals surface area contributed by atoms with Gasteiger partial charge in [0, 0.05) is 16.1 Å². The van der Waals surface area contributed by atoms with Gasteiger partial charge in [-0.1, -0.05) is 35.9 Å². The maximum absolute atomic E-state index is 14.1. The van der Waals surface area contributed by atoms with E-state index in [0.29, 0.717) is 11.3 Å². The van der Waals surface area contributed by atoms with Gasteiger partial charge in [0.1, 0.15) is 29.2 Å². The van der Waals surface area contributed by atoms with Gasteiger partial charge < -0.3 is 20.4 Å². The first-order valence-corrected chi connectivity index (χ1v) is 13.2. The van der Waals surface area contributed by atoms with Crippen molar-refractivity contribution in [1.29, 1.82) is 5.26 Å². The van der Waals surface area contributed by atoms with Crippen molar-refractivity contribution in [3.63, 3.8) is 0 Å². The van der Waals surface area contributed by atoms with E-state index in [2.05, 4.69) is 15.2 Å². The summed E-state index contributed by atoms with van der Waals surface area (Å²) in [5.74, 6) is -6.18. The number of alkyl halides is 3. The van der Waals surface area contributed by atoms with E-state index in [-0.39, 0.29) is 39.0 Å². The molecule has 5 rings (SSSR count). The number of nitrogens with one attached hydrogen (secondary N) is 1. The molecule has 0 spiro atoms. The third kappa shape index (κ3) is 6.35. The van der Waals surface area contributed by atoms with Gasteiger partial charge in [-0.15, -0.1) is 0 Å². The quantitative estimate of drug-likeness (QED) is 0.206. The van der Waals surface area contributed by atoms with Crippen LogP contribution in [0.3, 0.4) is 0 Å². The molecule has 45 heavy (non-hydrogen) atoms. The molecule has 4 N–H and O–H groups in total. The van der Waals surface area contributed by atoms with Crippen molar-refractivity contribution in [2.45, 2.75) is 12.2 Å². The van der Waals surface area contributed by atoms with E-state index in [1.54, 1.807) is 18.2 Å². The van der Waals surface area contributed by atoms with Gasteiger partial charge >= 0.3 is 18.1 Å². The summed E-state index contributed by atoms with van der Waals surface area (Å²) < 4.78 is 43.6. The first kappa shape index (κ1) is 30.8. The van der Waals surface area contributed by atoms with E-state index >= 15 is 0 Å². The third-order valence-electron chi connectivity index (χ3n) is 6.53. The van der Waals surface area contributed by atoms with E-state index in [1.807, 2.05) is 6.07 Å². The summed E-state index contributed by atoms with van der Waals surface area (Å²) in [6.07, 6.45) is -5.38. The second-order valence-corrected chi connectivity index (χ2v) is 9.97. The molecular formula is C30H19ClF3N5O6. The van der Waals surface area contributed by atoms with Gasteiger partial charge in [-0.2, -0.15) is 18.4 Å². The van der Waals surface area contributed by atoms with Crippen LogP contribution in [0, 0.1) is 11.3 Å². The van der Waals surface area contributed by atoms with Gasteiger partial charge in [0.05, 0.1) is 23.5 Å². The number of para-hydroxylation sites is 1. The average Bonchev–Trinajstić information content (AvgIpc) is 3.01. The Morgan fingerprint density at radius 1 is 1.11 bits per heavy atom. The summed E-state index contributed by atoms with van der Waals surface area (Å²) in [7, 11) is 0. The lowest BCUT2D eigenvalue weighted by atomic mass is 9.97. The zero-order valence-corrected chi connectivity index (χ0v) is 23.4. The Hall–Kier alpha value is -5.65. The number of fused-ring (bicyclic) bond motifs is 5. The number of nitrogens with zero attached hydrogens (tertiary/aromatic N) is 3. The Labute approximate surface area is 257 Å². The fourth-order valence-electron chi connectivity index (χ4n) is 4.43. The number of phenols is 1. The van der Waals surface area contributed by atoms with Crippen LogP contribution in [0.15, 0.2) is 72.8 Å². The number of benzene rings is 3. The zero-order chi connectivity index (χ0) is 32.5. The minimum absolute atomic E-state index is 0.0503. The number of hydrogen-bond donors (Lipinski definition) is 3. The SMILES string of the molecule is N#Cc1c2cc(-c3ccc(Cl)cc3O)nc1N(C(=O)c1ccccc1OC(=O)C(F)(F)F)CC(N)C(=O)ONc1cccc-2c1. The topological polar surface area (TPSA) is 168 Å². The Morgan fingerprint density at radius 3 is 2.58 bits per heavy atom. The molecule has 1 aromatic heterocycles. The van der Waals surface area contributed by atoms with Gasteiger partial charge in [0.15, 0.2) is 5.82 Å². The minimum atomic E-state index is -5.38. The Morgan fingerprint density at radius 2 is 1.87 bits per heavy atom. The molecule has 1 atom stereocenters. The number of amides is 1. The van der Waals surface area contributed by atoms with Crippen molar-refractivity contribution in [3.05, 3.63) is 88.9 Å². The fourth-order valence-corrected chi connectivity index (χ4v) is 4.60. The normalized spacial score (nSPS) is 14.6. The number of anilines is 2. The first-order valence-electron chi connectivity index (χ1n) is 12.8. The van der Waals surface area contributed by atoms with E-state index in [9.17, 15) is 37.9 Å². The number of carbonyl (C=O) groups is 3. The largest absolute Gasteiger partial charge is 0.507 e. The number of halogens is 4. The zero-order valence-electron chi connectivity index (χ0n) is 22.6. The number of carbonyl (C=O) groups excluding carboxylic acids is 3. The van der Waals surface area contributed by atoms with Crippen molar-refractivity contribution >= 4 is 41.0 Å². The lowest BCUT2D eigenvalue weighted by molar-refractivity contribution is -0.189. The molecule has 15 heteroatoms. The van der Waals surface area contributed by atoms with Crippen LogP contribution in [0.25, 0.3) is 22.4 Å². The summed E-state index contributed by atoms with van der Waals surface area (Å²) in [5.41, 5.74) is 8.92. The number of nitriles is 1. The maximum atomic E-state index is 14.1. The Kier molecular flexibility index (Phi) is 8.32. The molecule has 4 bridgehead atoms. The van der Waals surface area contributed by atoms with E-state index in [4.69, 9.17) is 22.2 Å². The standard InChI is InChI=1S/C30H19ClF3N5O6/c31-16-8-9-18(24(40)11-16)23-12-20-15-4-3-5-17(10-15)38-45-28(42)22(36)14-39(26(37-23)21(20)13-35)27(41)19-6-1-2-7-25(19)44-29(43)30(32,33)34/h1-12,22,38,40H,14,36H2. The lowest BCUT2D eigenvalue weighted by Gasteiger charge is -2.28. The molecule has 11 nitrogen and oxygen atoms in total. The predicted molar refractivity (Wildman–Crippen MR) is 154 cm³/mol. The summed E-state index contributed by atoms with van der Waals surface area (Å²) >= 11 is 6.01. The van der Waals surface area contributed by atoms with Crippen molar-refractivity contribution in [2.24, 2.45) is 5.73 Å². The smallest absolute Gasteiger partial charge is 0.491 e. The number of aromatic nitrogens is 1. The molecule has 1 unspecified atom stereocenters. The molecule has 1 aliphatic heterocycles. The maximum Gasteiger partial charge on any atom is 0.491 e. The van der Waals surface area contributed by atoms with E-state index in [0.717, 1.165) is 17.0 Å². The Bertz CT molecular complexity index is 1900. The van der Waals surface area contributed by atoms with Gasteiger partial charge in [-0.05, 0) is 54.1 Å². The molecule has 0 saturated heterocycles. The van der Waals surface area contributed by atoms with Gasteiger partial charge in [0.25, 0.3) is 5.91 Å². The van der Waals surface area contributed by atoms with Crippen LogP contribution in [-0.4, -0.2) is 46.7 Å². The molecule has 0 aliphatic carbocycles. The summed E-state index contributed by atoms with van der Waals surface area (Å²) in [4.78, 5) is 49.0. The van der Waals surface area contributed by atoms with Gasteiger partial charge in [0.2, 0.25) is 0 Å². The van der Waals surface area contributed by atoms with E-state index < -0.39 is 47.9 Å². The first-order chi connectivity index (χ1) is 21.4. The molecule has 3 aromatic carbocycles. The van der Waals surface area contributed by atoms with Gasteiger partial charge in [-0.25, -0.2) is 20.1 Å². The fraction of sp³-hybridized carbons (Fsp3) is 0.100. The number of rotatable bonds is 3. The summed E-state index contributed by atoms with van der Waals surface area (Å²) in [5, 5.41) is 21.3. The van der Waals surface area contributed by atoms with Crippen LogP contribution in [0.5, 0.6) is 11.5 Å². The van der Waals surface area contributed by atoms with E-state index in [1.165, 1.54) is 42.5 Å². The molecular weight excluding hydrogens is 619 g/mol. The van der Waals surface area contributed by atoms with Crippen LogP contribution in [-0.2, 0) is 14.4 Å². The van der Waals surface area contributed by atoms with Crippen LogP contribution in [0.1, 0.15) is 15.9 Å². The average molecular weight is 638 g/mol. The minimum Gasteiger partial charge on any atom is -0.507 e. The number of nitrogens with two attached hydrogens (primary N) is 1.